The molecule has 158 valence electrons. The van der Waals surface area contributed by atoms with Crippen molar-refractivity contribution in [2.24, 2.45) is 0 Å². The highest BCUT2D eigenvalue weighted by Gasteiger charge is 2.39. The summed E-state index contributed by atoms with van der Waals surface area (Å²) in [5.41, 5.74) is -1.05. The summed E-state index contributed by atoms with van der Waals surface area (Å²) in [5, 5.41) is 0.492. The smallest absolute Gasteiger partial charge is 0.450 e. The molecule has 0 atom stereocenters. The molecule has 8 heteroatoms. The average molecular weight is 465 g/mol. The van der Waals surface area contributed by atoms with Gasteiger partial charge in [-0.25, -0.2) is 0 Å². The Morgan fingerprint density at radius 2 is 1.58 bits per heavy atom. The van der Waals surface area contributed by atoms with Crippen LogP contribution in [0.15, 0.2) is 75.9 Å². The van der Waals surface area contributed by atoms with Gasteiger partial charge in [-0.1, -0.05) is 59.6 Å². The molecule has 0 bridgehead atoms. The van der Waals surface area contributed by atoms with E-state index in [4.69, 9.17) is 32.4 Å². The molecule has 3 aromatic carbocycles. The Hall–Kier alpha value is -2.96. The van der Waals surface area contributed by atoms with Gasteiger partial charge in [-0.2, -0.15) is 13.2 Å². The van der Waals surface area contributed by atoms with E-state index >= 15 is 0 Å². The molecule has 0 aliphatic heterocycles. The van der Waals surface area contributed by atoms with Crippen LogP contribution >= 0.6 is 23.2 Å². The highest BCUT2D eigenvalue weighted by molar-refractivity contribution is 6.33. The van der Waals surface area contributed by atoms with E-state index in [9.17, 15) is 18.0 Å². The number of hydrogen-bond donors (Lipinski definition) is 0. The number of alkyl halides is 3. The van der Waals surface area contributed by atoms with Gasteiger partial charge in [0.05, 0.1) is 10.9 Å². The molecule has 0 radical (unpaired) electrons. The van der Waals surface area contributed by atoms with Gasteiger partial charge in [-0.05, 0) is 24.3 Å². The summed E-state index contributed by atoms with van der Waals surface area (Å²) in [7, 11) is 0. The van der Waals surface area contributed by atoms with Crippen LogP contribution in [0.4, 0.5) is 13.2 Å². The van der Waals surface area contributed by atoms with Crippen LogP contribution in [-0.4, -0.2) is 0 Å². The molecule has 0 saturated heterocycles. The first-order valence-corrected chi connectivity index (χ1v) is 9.80. The standard InChI is InChI=1S/C23H13Cl2F3O3/c24-17-7-3-1-5-13(17)12-30-14-9-10-16-19(11-14)31-22(23(26,27)28)20(21(16)29)15-6-2-4-8-18(15)25/h1-11H,12H2. The normalized spacial score (nSPS) is 11.6. The van der Waals surface area contributed by atoms with Crippen molar-refractivity contribution in [1.29, 1.82) is 0 Å². The van der Waals surface area contributed by atoms with E-state index in [0.29, 0.717) is 10.6 Å². The Bertz CT molecular complexity index is 1330. The van der Waals surface area contributed by atoms with Gasteiger partial charge in [0, 0.05) is 27.2 Å². The second-order valence-corrected chi connectivity index (χ2v) is 7.47. The maximum absolute atomic E-state index is 13.8. The number of hydrogen-bond acceptors (Lipinski definition) is 3. The molecule has 0 unspecified atom stereocenters. The molecule has 4 rings (SSSR count). The van der Waals surface area contributed by atoms with Crippen molar-refractivity contribution in [2.75, 3.05) is 0 Å². The zero-order chi connectivity index (χ0) is 22.2. The molecule has 0 spiro atoms. The molecule has 1 aromatic heterocycles. The molecular weight excluding hydrogens is 452 g/mol. The average Bonchev–Trinajstić information content (AvgIpc) is 2.73. The van der Waals surface area contributed by atoms with E-state index in [1.165, 1.54) is 36.4 Å². The number of fused-ring (bicyclic) bond motifs is 1. The number of halogens is 5. The summed E-state index contributed by atoms with van der Waals surface area (Å²) in [4.78, 5) is 13.0. The lowest BCUT2D eigenvalue weighted by Crippen LogP contribution is -2.16. The van der Waals surface area contributed by atoms with E-state index in [2.05, 4.69) is 0 Å². The molecule has 31 heavy (non-hydrogen) atoms. The summed E-state index contributed by atoms with van der Waals surface area (Å²) in [6.45, 7) is 0.0965. The Labute approximate surface area is 184 Å². The molecule has 0 N–H and O–H groups in total. The monoisotopic (exact) mass is 464 g/mol. The van der Waals surface area contributed by atoms with Crippen LogP contribution in [0.25, 0.3) is 22.1 Å². The highest BCUT2D eigenvalue weighted by atomic mass is 35.5. The van der Waals surface area contributed by atoms with Crippen molar-refractivity contribution in [3.8, 4) is 16.9 Å². The molecule has 0 amide bonds. The molecule has 0 saturated carbocycles. The fourth-order valence-corrected chi connectivity index (χ4v) is 3.57. The van der Waals surface area contributed by atoms with E-state index in [0.717, 1.165) is 0 Å². The van der Waals surface area contributed by atoms with Crippen molar-refractivity contribution in [3.63, 3.8) is 0 Å². The highest BCUT2D eigenvalue weighted by Crippen LogP contribution is 2.39. The SMILES string of the molecule is O=c1c(-c2ccccc2Cl)c(C(F)(F)F)oc2cc(OCc3ccccc3Cl)ccc12. The minimum atomic E-state index is -4.91. The maximum atomic E-state index is 13.8. The van der Waals surface area contributed by atoms with Gasteiger partial charge in [-0.3, -0.25) is 4.79 Å². The van der Waals surface area contributed by atoms with Crippen molar-refractivity contribution in [3.05, 3.63) is 98.3 Å². The lowest BCUT2D eigenvalue weighted by atomic mass is 10.0. The minimum Gasteiger partial charge on any atom is -0.489 e. The van der Waals surface area contributed by atoms with Gasteiger partial charge in [0.2, 0.25) is 11.2 Å². The fraction of sp³-hybridized carbons (Fsp3) is 0.0870. The van der Waals surface area contributed by atoms with Gasteiger partial charge >= 0.3 is 6.18 Å². The fourth-order valence-electron chi connectivity index (χ4n) is 3.15. The van der Waals surface area contributed by atoms with E-state index < -0.39 is 22.9 Å². The third-order valence-electron chi connectivity index (χ3n) is 4.62. The molecule has 3 nitrogen and oxygen atoms in total. The maximum Gasteiger partial charge on any atom is 0.450 e. The first-order valence-electron chi connectivity index (χ1n) is 9.05. The molecule has 0 aliphatic carbocycles. The summed E-state index contributed by atoms with van der Waals surface area (Å²) in [6, 6.07) is 16.9. The predicted octanol–water partition coefficient (Wildman–Crippen LogP) is 7.36. The van der Waals surface area contributed by atoms with Crippen LogP contribution in [0.2, 0.25) is 10.0 Å². The Morgan fingerprint density at radius 3 is 2.26 bits per heavy atom. The van der Waals surface area contributed by atoms with Crippen molar-refractivity contribution in [1.82, 2.24) is 0 Å². The van der Waals surface area contributed by atoms with Crippen LogP contribution in [0.3, 0.4) is 0 Å². The number of rotatable bonds is 4. The van der Waals surface area contributed by atoms with Crippen LogP contribution in [0, 0.1) is 0 Å². The largest absolute Gasteiger partial charge is 0.489 e. The lowest BCUT2D eigenvalue weighted by molar-refractivity contribution is -0.152. The quantitative estimate of drug-likeness (QED) is 0.316. The third-order valence-corrected chi connectivity index (χ3v) is 5.31. The minimum absolute atomic E-state index is 0.0133. The summed E-state index contributed by atoms with van der Waals surface area (Å²) in [5.74, 6) is -1.18. The molecule has 0 fully saturated rings. The van der Waals surface area contributed by atoms with Gasteiger partial charge < -0.3 is 9.15 Å². The zero-order valence-electron chi connectivity index (χ0n) is 15.7. The Balaban J connectivity index is 1.82. The first kappa shape index (κ1) is 21.3. The van der Waals surface area contributed by atoms with Crippen molar-refractivity contribution >= 4 is 34.2 Å². The molecule has 4 aromatic rings. The van der Waals surface area contributed by atoms with Crippen molar-refractivity contribution < 1.29 is 22.3 Å². The van der Waals surface area contributed by atoms with Crippen LogP contribution < -0.4 is 10.2 Å². The summed E-state index contributed by atoms with van der Waals surface area (Å²) >= 11 is 12.2. The predicted molar refractivity (Wildman–Crippen MR) is 114 cm³/mol. The molecular formula is C23H13Cl2F3O3. The topological polar surface area (TPSA) is 39.4 Å². The second-order valence-electron chi connectivity index (χ2n) is 6.65. The van der Waals surface area contributed by atoms with E-state index in [1.54, 1.807) is 30.3 Å². The van der Waals surface area contributed by atoms with Gasteiger partial charge in [-0.15, -0.1) is 0 Å². The van der Waals surface area contributed by atoms with Gasteiger partial charge in [0.25, 0.3) is 0 Å². The lowest BCUT2D eigenvalue weighted by Gasteiger charge is -2.14. The number of ether oxygens (including phenoxy) is 1. The zero-order valence-corrected chi connectivity index (χ0v) is 17.2. The first-order chi connectivity index (χ1) is 14.8. The second kappa shape index (κ2) is 8.29. The number of benzene rings is 3. The Morgan fingerprint density at radius 1 is 0.903 bits per heavy atom. The third kappa shape index (κ3) is 4.27. The van der Waals surface area contributed by atoms with E-state index in [1.807, 2.05) is 0 Å². The van der Waals surface area contributed by atoms with E-state index in [-0.39, 0.29) is 33.9 Å². The van der Waals surface area contributed by atoms with Crippen LogP contribution in [0.5, 0.6) is 5.75 Å². The van der Waals surface area contributed by atoms with Crippen LogP contribution in [-0.2, 0) is 12.8 Å². The summed E-state index contributed by atoms with van der Waals surface area (Å²) < 4.78 is 52.1. The Kier molecular flexibility index (Phi) is 5.69. The van der Waals surface area contributed by atoms with Gasteiger partial charge in [0.1, 0.15) is 17.9 Å². The summed E-state index contributed by atoms with van der Waals surface area (Å²) in [6.07, 6.45) is -4.91. The van der Waals surface area contributed by atoms with Gasteiger partial charge in [0.15, 0.2) is 0 Å². The molecule has 0 aliphatic rings. The van der Waals surface area contributed by atoms with Crippen molar-refractivity contribution in [2.45, 2.75) is 12.8 Å². The molecule has 1 heterocycles. The van der Waals surface area contributed by atoms with Crippen LogP contribution in [0.1, 0.15) is 11.3 Å².